The van der Waals surface area contributed by atoms with Gasteiger partial charge in [0.2, 0.25) is 0 Å². The third-order valence-electron chi connectivity index (χ3n) is 3.47. The minimum atomic E-state index is -0.626. The molecule has 0 aliphatic carbocycles. The lowest BCUT2D eigenvalue weighted by molar-refractivity contribution is 0.0495. The molecule has 19 heavy (non-hydrogen) atoms. The lowest BCUT2D eigenvalue weighted by atomic mass is 9.85. The van der Waals surface area contributed by atoms with Crippen molar-refractivity contribution in [2.75, 3.05) is 0 Å². The summed E-state index contributed by atoms with van der Waals surface area (Å²) in [5, 5.41) is 12.1. The lowest BCUT2D eigenvalue weighted by Gasteiger charge is -2.25. The van der Waals surface area contributed by atoms with E-state index in [4.69, 9.17) is 0 Å². The van der Waals surface area contributed by atoms with E-state index in [0.717, 1.165) is 10.8 Å². The summed E-state index contributed by atoms with van der Waals surface area (Å²) in [6, 6.07) is 13.5. The molecule has 0 saturated heterocycles. The predicted octanol–water partition coefficient (Wildman–Crippen LogP) is 3.82. The largest absolute Gasteiger partial charge is 0.392 e. The first-order chi connectivity index (χ1) is 8.89. The van der Waals surface area contributed by atoms with E-state index in [-0.39, 0.29) is 17.6 Å². The van der Waals surface area contributed by atoms with Crippen molar-refractivity contribution >= 4 is 16.6 Å². The third kappa shape index (κ3) is 3.02. The lowest BCUT2D eigenvalue weighted by Crippen LogP contribution is -2.28. The van der Waals surface area contributed by atoms with E-state index in [1.54, 1.807) is 0 Å². The zero-order valence-electron chi connectivity index (χ0n) is 11.7. The number of aliphatic hydroxyl groups excluding tert-OH is 1. The van der Waals surface area contributed by atoms with Crippen molar-refractivity contribution in [3.8, 4) is 0 Å². The van der Waals surface area contributed by atoms with Gasteiger partial charge in [-0.2, -0.15) is 0 Å². The summed E-state index contributed by atoms with van der Waals surface area (Å²) >= 11 is 0. The number of hydrogen-bond acceptors (Lipinski definition) is 2. The van der Waals surface area contributed by atoms with E-state index < -0.39 is 6.10 Å². The predicted molar refractivity (Wildman–Crippen MR) is 78.4 cm³/mol. The fourth-order valence-electron chi connectivity index (χ4n) is 2.06. The Hall–Kier alpha value is -1.67. The van der Waals surface area contributed by atoms with E-state index in [2.05, 4.69) is 0 Å². The topological polar surface area (TPSA) is 37.3 Å². The van der Waals surface area contributed by atoms with Gasteiger partial charge in [0.15, 0.2) is 5.78 Å². The Kier molecular flexibility index (Phi) is 3.72. The van der Waals surface area contributed by atoms with E-state index >= 15 is 0 Å². The molecule has 1 N–H and O–H groups in total. The molecule has 0 bridgehead atoms. The molecule has 2 aromatic carbocycles. The Labute approximate surface area is 114 Å². The van der Waals surface area contributed by atoms with Gasteiger partial charge in [-0.1, -0.05) is 63.2 Å². The molecule has 0 fully saturated rings. The van der Waals surface area contributed by atoms with Gasteiger partial charge in [-0.3, -0.25) is 4.79 Å². The summed E-state index contributed by atoms with van der Waals surface area (Å²) in [6.45, 7) is 5.82. The van der Waals surface area contributed by atoms with Crippen LogP contribution in [-0.2, 0) is 0 Å². The fourth-order valence-corrected chi connectivity index (χ4v) is 2.06. The van der Waals surface area contributed by atoms with E-state index in [1.807, 2.05) is 63.2 Å². The maximum atomic E-state index is 12.4. The first kappa shape index (κ1) is 13.8. The Bertz CT molecular complexity index is 588. The molecule has 100 valence electrons. The van der Waals surface area contributed by atoms with Crippen LogP contribution in [0.3, 0.4) is 0 Å². The number of ketones is 1. The molecule has 2 rings (SSSR count). The van der Waals surface area contributed by atoms with Crippen molar-refractivity contribution in [1.82, 2.24) is 0 Å². The van der Waals surface area contributed by atoms with Crippen LogP contribution in [0.4, 0.5) is 0 Å². The number of aliphatic hydroxyl groups is 1. The Morgan fingerprint density at radius 3 is 2.42 bits per heavy atom. The van der Waals surface area contributed by atoms with Crippen LogP contribution in [0.5, 0.6) is 0 Å². The summed E-state index contributed by atoms with van der Waals surface area (Å²) < 4.78 is 0. The third-order valence-corrected chi connectivity index (χ3v) is 3.47. The Morgan fingerprint density at radius 1 is 1.11 bits per heavy atom. The zero-order chi connectivity index (χ0) is 14.0. The molecular formula is C17H20O2. The average molecular weight is 256 g/mol. The second kappa shape index (κ2) is 5.14. The summed E-state index contributed by atoms with van der Waals surface area (Å²) in [7, 11) is 0. The molecule has 0 heterocycles. The molecule has 0 unspecified atom stereocenters. The van der Waals surface area contributed by atoms with Crippen LogP contribution in [0.2, 0.25) is 0 Å². The SMILES string of the molecule is CC(C)(C)[C@@H](O)CC(=O)c1cccc2ccccc12. The first-order valence-electron chi connectivity index (χ1n) is 6.58. The van der Waals surface area contributed by atoms with Crippen molar-refractivity contribution < 1.29 is 9.90 Å². The van der Waals surface area contributed by atoms with Gasteiger partial charge in [0.25, 0.3) is 0 Å². The normalized spacial score (nSPS) is 13.5. The first-order valence-corrected chi connectivity index (χ1v) is 6.58. The molecule has 0 spiro atoms. The van der Waals surface area contributed by atoms with Crippen molar-refractivity contribution in [2.24, 2.45) is 5.41 Å². The Balaban J connectivity index is 2.32. The average Bonchev–Trinajstić information content (AvgIpc) is 2.36. The molecule has 2 heteroatoms. The van der Waals surface area contributed by atoms with Crippen LogP contribution in [0.15, 0.2) is 42.5 Å². The van der Waals surface area contributed by atoms with Crippen molar-refractivity contribution in [2.45, 2.75) is 33.3 Å². The molecule has 0 saturated carbocycles. The summed E-state index contributed by atoms with van der Waals surface area (Å²) in [5.74, 6) is -0.000718. The monoisotopic (exact) mass is 256 g/mol. The zero-order valence-corrected chi connectivity index (χ0v) is 11.7. The second-order valence-electron chi connectivity index (χ2n) is 6.04. The van der Waals surface area contributed by atoms with Gasteiger partial charge in [-0.25, -0.2) is 0 Å². The molecule has 0 aliphatic rings. The smallest absolute Gasteiger partial charge is 0.166 e. The molecular weight excluding hydrogens is 236 g/mol. The summed E-state index contributed by atoms with van der Waals surface area (Å²) in [4.78, 5) is 12.4. The number of Topliss-reactive ketones (excluding diaryl/α,β-unsaturated/α-hetero) is 1. The fraction of sp³-hybridized carbons (Fsp3) is 0.353. The van der Waals surface area contributed by atoms with Gasteiger partial charge < -0.3 is 5.11 Å². The molecule has 1 atom stereocenters. The second-order valence-corrected chi connectivity index (χ2v) is 6.04. The van der Waals surface area contributed by atoms with Gasteiger partial charge in [0, 0.05) is 12.0 Å². The minimum Gasteiger partial charge on any atom is -0.392 e. The van der Waals surface area contributed by atoms with Crippen LogP contribution in [-0.4, -0.2) is 17.0 Å². The number of carbonyl (C=O) groups is 1. The standard InChI is InChI=1S/C17H20O2/c1-17(2,3)16(19)11-15(18)14-10-6-8-12-7-4-5-9-13(12)14/h4-10,16,19H,11H2,1-3H3/t16-/m0/s1. The number of benzene rings is 2. The van der Waals surface area contributed by atoms with Crippen molar-refractivity contribution in [1.29, 1.82) is 0 Å². The molecule has 0 aliphatic heterocycles. The number of hydrogen-bond donors (Lipinski definition) is 1. The van der Waals surface area contributed by atoms with Crippen LogP contribution in [0, 0.1) is 5.41 Å². The van der Waals surface area contributed by atoms with Crippen molar-refractivity contribution in [3.63, 3.8) is 0 Å². The summed E-state index contributed by atoms with van der Waals surface area (Å²) in [6.07, 6.45) is -0.462. The maximum absolute atomic E-state index is 12.4. The van der Waals surface area contributed by atoms with Gasteiger partial charge >= 0.3 is 0 Å². The highest BCUT2D eigenvalue weighted by Crippen LogP contribution is 2.25. The highest BCUT2D eigenvalue weighted by Gasteiger charge is 2.25. The minimum absolute atomic E-state index is 0.000718. The van der Waals surface area contributed by atoms with Crippen LogP contribution in [0.1, 0.15) is 37.6 Å². The van der Waals surface area contributed by atoms with Crippen LogP contribution >= 0.6 is 0 Å². The molecule has 2 nitrogen and oxygen atoms in total. The maximum Gasteiger partial charge on any atom is 0.166 e. The van der Waals surface area contributed by atoms with Crippen LogP contribution in [0.25, 0.3) is 10.8 Å². The van der Waals surface area contributed by atoms with Gasteiger partial charge in [-0.15, -0.1) is 0 Å². The molecule has 0 amide bonds. The number of rotatable bonds is 3. The number of carbonyl (C=O) groups excluding carboxylic acids is 1. The van der Waals surface area contributed by atoms with E-state index in [1.165, 1.54) is 0 Å². The summed E-state index contributed by atoms with van der Waals surface area (Å²) in [5.41, 5.74) is 0.418. The van der Waals surface area contributed by atoms with Gasteiger partial charge in [0.1, 0.15) is 0 Å². The quantitative estimate of drug-likeness (QED) is 0.848. The number of fused-ring (bicyclic) bond motifs is 1. The van der Waals surface area contributed by atoms with Crippen LogP contribution < -0.4 is 0 Å². The molecule has 0 aromatic heterocycles. The van der Waals surface area contributed by atoms with E-state index in [0.29, 0.717) is 5.56 Å². The van der Waals surface area contributed by atoms with Gasteiger partial charge in [-0.05, 0) is 16.2 Å². The molecule has 2 aromatic rings. The van der Waals surface area contributed by atoms with Crippen molar-refractivity contribution in [3.05, 3.63) is 48.0 Å². The molecule has 0 radical (unpaired) electrons. The highest BCUT2D eigenvalue weighted by atomic mass is 16.3. The Morgan fingerprint density at radius 2 is 1.74 bits per heavy atom. The van der Waals surface area contributed by atoms with E-state index in [9.17, 15) is 9.90 Å². The van der Waals surface area contributed by atoms with Gasteiger partial charge in [0.05, 0.1) is 6.10 Å². The highest BCUT2D eigenvalue weighted by molar-refractivity contribution is 6.08.